The zero-order chi connectivity index (χ0) is 11.4. The van der Waals surface area contributed by atoms with Gasteiger partial charge in [-0.15, -0.1) is 11.3 Å². The van der Waals surface area contributed by atoms with Crippen LogP contribution in [0.5, 0.6) is 0 Å². The van der Waals surface area contributed by atoms with Crippen molar-refractivity contribution in [2.75, 3.05) is 18.4 Å². The van der Waals surface area contributed by atoms with Gasteiger partial charge in [0.1, 0.15) is 0 Å². The Morgan fingerprint density at radius 3 is 2.69 bits per heavy atom. The lowest BCUT2D eigenvalue weighted by Crippen LogP contribution is -2.42. The van der Waals surface area contributed by atoms with E-state index in [1.54, 1.807) is 16.5 Å². The molecule has 0 spiro atoms. The average molecular weight is 239 g/mol. The van der Waals surface area contributed by atoms with Gasteiger partial charge in [0, 0.05) is 24.7 Å². The third kappa shape index (κ3) is 2.57. The lowest BCUT2D eigenvalue weighted by Gasteiger charge is -2.25. The van der Waals surface area contributed by atoms with Crippen molar-refractivity contribution >= 4 is 28.3 Å². The highest BCUT2D eigenvalue weighted by molar-refractivity contribution is 7.13. The number of aromatic nitrogens is 1. The number of anilines is 1. The van der Waals surface area contributed by atoms with E-state index in [4.69, 9.17) is 0 Å². The number of carbonyl (C=O) groups is 2. The third-order valence-electron chi connectivity index (χ3n) is 2.49. The highest BCUT2D eigenvalue weighted by Crippen LogP contribution is 2.12. The molecule has 0 atom stereocenters. The molecule has 1 N–H and O–H groups in total. The summed E-state index contributed by atoms with van der Waals surface area (Å²) in [5.41, 5.74) is 0. The summed E-state index contributed by atoms with van der Waals surface area (Å²) in [5.74, 6) is -1.04. The van der Waals surface area contributed by atoms with Crippen LogP contribution in [0.25, 0.3) is 0 Å². The number of piperidine rings is 1. The van der Waals surface area contributed by atoms with Crippen LogP contribution in [0.4, 0.5) is 5.13 Å². The van der Waals surface area contributed by atoms with Gasteiger partial charge >= 0.3 is 11.8 Å². The van der Waals surface area contributed by atoms with E-state index in [1.807, 2.05) is 0 Å². The molecule has 1 aromatic heterocycles. The second-order valence-corrected chi connectivity index (χ2v) is 4.54. The van der Waals surface area contributed by atoms with Gasteiger partial charge in [-0.1, -0.05) is 0 Å². The molecule has 2 heterocycles. The summed E-state index contributed by atoms with van der Waals surface area (Å²) in [4.78, 5) is 28.8. The number of nitrogens with one attached hydrogen (secondary N) is 1. The van der Waals surface area contributed by atoms with Crippen LogP contribution in [0.3, 0.4) is 0 Å². The van der Waals surface area contributed by atoms with Gasteiger partial charge in [-0.2, -0.15) is 0 Å². The predicted octanol–water partition coefficient (Wildman–Crippen LogP) is 1.09. The molecule has 0 radical (unpaired) electrons. The Morgan fingerprint density at radius 1 is 1.31 bits per heavy atom. The minimum Gasteiger partial charge on any atom is -0.334 e. The van der Waals surface area contributed by atoms with E-state index in [9.17, 15) is 9.59 Å². The van der Waals surface area contributed by atoms with Crippen molar-refractivity contribution in [2.45, 2.75) is 19.3 Å². The summed E-state index contributed by atoms with van der Waals surface area (Å²) in [6.45, 7) is 1.37. The smallest absolute Gasteiger partial charge is 0.315 e. The van der Waals surface area contributed by atoms with Crippen molar-refractivity contribution in [1.29, 1.82) is 0 Å². The Kier molecular flexibility index (Phi) is 3.51. The number of nitrogens with zero attached hydrogens (tertiary/aromatic N) is 2. The van der Waals surface area contributed by atoms with Gasteiger partial charge in [-0.25, -0.2) is 4.98 Å². The van der Waals surface area contributed by atoms with Crippen LogP contribution in [0, 0.1) is 0 Å². The zero-order valence-electron chi connectivity index (χ0n) is 8.81. The fourth-order valence-corrected chi connectivity index (χ4v) is 2.20. The molecule has 1 aromatic rings. The first kappa shape index (κ1) is 11.1. The minimum absolute atomic E-state index is 0.449. The molecular formula is C10H13N3O2S. The summed E-state index contributed by atoms with van der Waals surface area (Å²) in [6, 6.07) is 0. The molecule has 5 nitrogen and oxygen atoms in total. The van der Waals surface area contributed by atoms with E-state index < -0.39 is 11.8 Å². The summed E-state index contributed by atoms with van der Waals surface area (Å²) < 4.78 is 0. The molecule has 0 bridgehead atoms. The second kappa shape index (κ2) is 5.07. The van der Waals surface area contributed by atoms with Crippen LogP contribution in [-0.4, -0.2) is 34.8 Å². The molecule has 1 saturated heterocycles. The van der Waals surface area contributed by atoms with Crippen molar-refractivity contribution in [3.05, 3.63) is 11.6 Å². The topological polar surface area (TPSA) is 62.3 Å². The normalized spacial score (nSPS) is 15.9. The van der Waals surface area contributed by atoms with Crippen molar-refractivity contribution in [3.8, 4) is 0 Å². The van der Waals surface area contributed by atoms with Crippen molar-refractivity contribution in [1.82, 2.24) is 9.88 Å². The van der Waals surface area contributed by atoms with E-state index in [-0.39, 0.29) is 0 Å². The van der Waals surface area contributed by atoms with Crippen LogP contribution in [0.15, 0.2) is 11.6 Å². The maximum atomic E-state index is 11.7. The summed E-state index contributed by atoms with van der Waals surface area (Å²) in [5, 5.41) is 4.72. The molecule has 2 amide bonds. The predicted molar refractivity (Wildman–Crippen MR) is 61.2 cm³/mol. The molecule has 0 unspecified atom stereocenters. The first-order chi connectivity index (χ1) is 7.77. The summed E-state index contributed by atoms with van der Waals surface area (Å²) >= 11 is 1.30. The first-order valence-electron chi connectivity index (χ1n) is 5.27. The Hall–Kier alpha value is -1.43. The molecule has 0 aliphatic carbocycles. The van der Waals surface area contributed by atoms with Crippen LogP contribution in [-0.2, 0) is 9.59 Å². The van der Waals surface area contributed by atoms with Crippen molar-refractivity contribution < 1.29 is 9.59 Å². The zero-order valence-corrected chi connectivity index (χ0v) is 9.63. The first-order valence-corrected chi connectivity index (χ1v) is 6.15. The van der Waals surface area contributed by atoms with Gasteiger partial charge in [0.2, 0.25) is 0 Å². The highest BCUT2D eigenvalue weighted by Gasteiger charge is 2.23. The molecule has 16 heavy (non-hydrogen) atoms. The van der Waals surface area contributed by atoms with Crippen LogP contribution < -0.4 is 5.32 Å². The molecule has 0 saturated carbocycles. The number of amides is 2. The molecular weight excluding hydrogens is 226 g/mol. The quantitative estimate of drug-likeness (QED) is 0.746. The Balaban J connectivity index is 1.91. The monoisotopic (exact) mass is 239 g/mol. The molecule has 0 aromatic carbocycles. The summed E-state index contributed by atoms with van der Waals surface area (Å²) in [7, 11) is 0. The van der Waals surface area contributed by atoms with Crippen LogP contribution in [0.2, 0.25) is 0 Å². The van der Waals surface area contributed by atoms with E-state index >= 15 is 0 Å². The minimum atomic E-state index is -0.586. The molecule has 1 aliphatic heterocycles. The number of likely N-dealkylation sites (tertiary alicyclic amines) is 1. The summed E-state index contributed by atoms with van der Waals surface area (Å²) in [6.07, 6.45) is 4.69. The van der Waals surface area contributed by atoms with Crippen LogP contribution >= 0.6 is 11.3 Å². The SMILES string of the molecule is O=C(Nc1nccs1)C(=O)N1CCCCC1. The highest BCUT2D eigenvalue weighted by atomic mass is 32.1. The maximum Gasteiger partial charge on any atom is 0.315 e. The van der Waals surface area contributed by atoms with Gasteiger partial charge in [0.05, 0.1) is 0 Å². The largest absolute Gasteiger partial charge is 0.334 e. The van der Waals surface area contributed by atoms with Crippen molar-refractivity contribution in [2.24, 2.45) is 0 Å². The molecule has 1 aliphatic rings. The Labute approximate surface area is 97.5 Å². The molecule has 2 rings (SSSR count). The lowest BCUT2D eigenvalue weighted by atomic mass is 10.1. The number of rotatable bonds is 1. The number of carbonyl (C=O) groups excluding carboxylic acids is 2. The number of hydrogen-bond donors (Lipinski definition) is 1. The number of thiazole rings is 1. The lowest BCUT2D eigenvalue weighted by molar-refractivity contribution is -0.143. The van der Waals surface area contributed by atoms with Gasteiger partial charge in [0.15, 0.2) is 5.13 Å². The second-order valence-electron chi connectivity index (χ2n) is 3.64. The molecule has 86 valence electrons. The van der Waals surface area contributed by atoms with E-state index in [0.717, 1.165) is 19.3 Å². The van der Waals surface area contributed by atoms with Gasteiger partial charge in [-0.3, -0.25) is 14.9 Å². The van der Waals surface area contributed by atoms with E-state index in [1.165, 1.54) is 11.3 Å². The van der Waals surface area contributed by atoms with E-state index in [2.05, 4.69) is 10.3 Å². The molecule has 6 heteroatoms. The van der Waals surface area contributed by atoms with Gasteiger partial charge < -0.3 is 4.90 Å². The average Bonchev–Trinajstić information content (AvgIpc) is 2.82. The standard InChI is InChI=1S/C10H13N3O2S/c14-8(12-10-11-4-7-16-10)9(15)13-5-2-1-3-6-13/h4,7H,1-3,5-6H2,(H,11,12,14). The third-order valence-corrected chi connectivity index (χ3v) is 3.18. The van der Waals surface area contributed by atoms with Crippen LogP contribution in [0.1, 0.15) is 19.3 Å². The van der Waals surface area contributed by atoms with Gasteiger partial charge in [0.25, 0.3) is 0 Å². The van der Waals surface area contributed by atoms with Crippen molar-refractivity contribution in [3.63, 3.8) is 0 Å². The fraction of sp³-hybridized carbons (Fsp3) is 0.500. The molecule has 1 fully saturated rings. The van der Waals surface area contributed by atoms with Gasteiger partial charge in [-0.05, 0) is 19.3 Å². The Morgan fingerprint density at radius 2 is 2.06 bits per heavy atom. The van der Waals surface area contributed by atoms with E-state index in [0.29, 0.717) is 18.2 Å². The fourth-order valence-electron chi connectivity index (χ4n) is 1.68. The maximum absolute atomic E-state index is 11.7. The number of hydrogen-bond acceptors (Lipinski definition) is 4. The Bertz CT molecular complexity index is 371.